The smallest absolute Gasteiger partial charge is 0.0541 e. The van der Waals surface area contributed by atoms with Gasteiger partial charge in [-0.15, -0.1) is 0 Å². The second kappa shape index (κ2) is 15.7. The third kappa shape index (κ3) is 7.13. The zero-order valence-corrected chi connectivity index (χ0v) is 32.0. The summed E-state index contributed by atoms with van der Waals surface area (Å²) >= 11 is 0. The number of nitrogens with zero attached hydrogens (tertiary/aromatic N) is 2. The summed E-state index contributed by atoms with van der Waals surface area (Å²) in [6.45, 7) is 6.01. The molecule has 0 aliphatic carbocycles. The molecule has 1 heterocycles. The van der Waals surface area contributed by atoms with Crippen LogP contribution in [-0.2, 0) is 0 Å². The first-order chi connectivity index (χ1) is 28.1. The largest absolute Gasteiger partial charge is 0.314 e. The lowest BCUT2D eigenvalue weighted by Crippen LogP contribution is -2.14. The number of rotatable bonds is 10. The first kappa shape index (κ1) is 35.3. The third-order valence-electron chi connectivity index (χ3n) is 10.7. The van der Waals surface area contributed by atoms with E-state index in [4.69, 9.17) is 0 Å². The normalized spacial score (nSPS) is 11.7. The van der Waals surface area contributed by atoms with Crippen molar-refractivity contribution < 1.29 is 0 Å². The Bertz CT molecular complexity index is 2910. The zero-order chi connectivity index (χ0) is 38.6. The van der Waals surface area contributed by atoms with Crippen molar-refractivity contribution in [3.8, 4) is 50.2 Å². The van der Waals surface area contributed by atoms with Crippen molar-refractivity contribution >= 4 is 33.2 Å². The minimum atomic E-state index is 1.09. The van der Waals surface area contributed by atoms with Crippen molar-refractivity contribution in [3.05, 3.63) is 237 Å². The number of benzene rings is 8. The Morgan fingerprint density at radius 2 is 0.947 bits per heavy atom. The van der Waals surface area contributed by atoms with Gasteiger partial charge in [-0.1, -0.05) is 164 Å². The Hall–Kier alpha value is -7.42. The summed E-state index contributed by atoms with van der Waals surface area (Å²) in [7, 11) is 0. The molecule has 0 radical (unpaired) electrons. The summed E-state index contributed by atoms with van der Waals surface area (Å²) < 4.78 is 2.40. The molecule has 0 bridgehead atoms. The van der Waals surface area contributed by atoms with Gasteiger partial charge >= 0.3 is 0 Å². The SMILES string of the molecule is C=C/C=C\C=C(/C)N(c1ccc(-c2ccccc2)cc1)c1cccc(-c2cccc(-c3ccc4c(c3)c3ccccc3n4-c3cccc(-c4ccccc4)c3)c2)c1. The van der Waals surface area contributed by atoms with Crippen molar-refractivity contribution in [2.75, 3.05) is 4.90 Å². The van der Waals surface area contributed by atoms with E-state index in [1.165, 1.54) is 60.8 Å². The van der Waals surface area contributed by atoms with Crippen LogP contribution in [0.2, 0.25) is 0 Å². The molecule has 57 heavy (non-hydrogen) atoms. The van der Waals surface area contributed by atoms with Gasteiger partial charge in [0.2, 0.25) is 0 Å². The first-order valence-electron chi connectivity index (χ1n) is 19.5. The van der Waals surface area contributed by atoms with E-state index in [1.807, 2.05) is 12.2 Å². The van der Waals surface area contributed by atoms with Gasteiger partial charge in [-0.2, -0.15) is 0 Å². The van der Waals surface area contributed by atoms with Crippen molar-refractivity contribution in [2.45, 2.75) is 6.92 Å². The topological polar surface area (TPSA) is 8.17 Å². The fraction of sp³-hybridized carbons (Fsp3) is 0.0182. The highest BCUT2D eigenvalue weighted by Gasteiger charge is 2.16. The number of hydrogen-bond acceptors (Lipinski definition) is 1. The van der Waals surface area contributed by atoms with E-state index < -0.39 is 0 Å². The average Bonchev–Trinajstić information content (AvgIpc) is 3.61. The number of fused-ring (bicyclic) bond motifs is 3. The fourth-order valence-electron chi connectivity index (χ4n) is 7.93. The molecule has 272 valence electrons. The van der Waals surface area contributed by atoms with Crippen molar-refractivity contribution in [1.29, 1.82) is 0 Å². The molecule has 8 aromatic carbocycles. The van der Waals surface area contributed by atoms with E-state index in [1.54, 1.807) is 6.08 Å². The van der Waals surface area contributed by atoms with Crippen LogP contribution in [0, 0.1) is 0 Å². The highest BCUT2D eigenvalue weighted by molar-refractivity contribution is 6.10. The molecule has 0 saturated heterocycles. The standard InChI is InChI=1S/C55H42N2/c1-3-4-7-17-40(2)56(49-33-30-43(31-34-49)41-18-8-5-9-19-41)50-26-16-25-47(38-50)44-22-14-23-45(36-44)48-32-35-55-53(39-48)52-28-12-13-29-54(52)57(55)51-27-15-24-46(37-51)42-20-10-6-11-21-42/h3-39H,1H2,2H3/b7-4-,40-17+. The predicted molar refractivity (Wildman–Crippen MR) is 244 cm³/mol. The quantitative estimate of drug-likeness (QED) is 0.127. The Kier molecular flexibility index (Phi) is 9.75. The first-order valence-corrected chi connectivity index (χ1v) is 19.5. The van der Waals surface area contributed by atoms with E-state index in [-0.39, 0.29) is 0 Å². The van der Waals surface area contributed by atoms with Crippen LogP contribution in [0.15, 0.2) is 237 Å². The maximum atomic E-state index is 3.85. The molecular formula is C55H42N2. The molecule has 0 spiro atoms. The van der Waals surface area contributed by atoms with Crippen LogP contribution in [0.1, 0.15) is 6.92 Å². The molecule has 0 N–H and O–H groups in total. The van der Waals surface area contributed by atoms with E-state index in [2.05, 4.69) is 229 Å². The number of para-hydroxylation sites is 1. The molecule has 0 unspecified atom stereocenters. The van der Waals surface area contributed by atoms with Gasteiger partial charge in [0.25, 0.3) is 0 Å². The summed E-state index contributed by atoms with van der Waals surface area (Å²) in [6, 6.07) is 72.2. The van der Waals surface area contributed by atoms with Crippen LogP contribution in [-0.4, -0.2) is 4.57 Å². The Morgan fingerprint density at radius 3 is 1.67 bits per heavy atom. The number of hydrogen-bond donors (Lipinski definition) is 0. The molecule has 0 aliphatic heterocycles. The van der Waals surface area contributed by atoms with Crippen LogP contribution in [0.4, 0.5) is 11.4 Å². The minimum absolute atomic E-state index is 1.09. The van der Waals surface area contributed by atoms with Crippen LogP contribution in [0.25, 0.3) is 72.0 Å². The van der Waals surface area contributed by atoms with Gasteiger partial charge in [0, 0.05) is 33.5 Å². The Morgan fingerprint density at radius 1 is 0.421 bits per heavy atom. The minimum Gasteiger partial charge on any atom is -0.314 e. The van der Waals surface area contributed by atoms with Gasteiger partial charge in [0.1, 0.15) is 0 Å². The van der Waals surface area contributed by atoms with Crippen LogP contribution in [0.3, 0.4) is 0 Å². The summed E-state index contributed by atoms with van der Waals surface area (Å²) in [5.41, 5.74) is 16.4. The molecule has 0 aliphatic rings. The molecule has 9 rings (SSSR count). The van der Waals surface area contributed by atoms with E-state index in [0.29, 0.717) is 0 Å². The van der Waals surface area contributed by atoms with Crippen LogP contribution < -0.4 is 4.90 Å². The van der Waals surface area contributed by atoms with Gasteiger partial charge in [0.15, 0.2) is 0 Å². The van der Waals surface area contributed by atoms with Crippen molar-refractivity contribution in [3.63, 3.8) is 0 Å². The van der Waals surface area contributed by atoms with Crippen LogP contribution >= 0.6 is 0 Å². The molecular weight excluding hydrogens is 689 g/mol. The fourth-order valence-corrected chi connectivity index (χ4v) is 7.93. The second-order valence-electron chi connectivity index (χ2n) is 14.3. The van der Waals surface area contributed by atoms with Gasteiger partial charge in [-0.05, 0) is 118 Å². The molecule has 2 nitrogen and oxygen atoms in total. The molecule has 0 fully saturated rings. The second-order valence-corrected chi connectivity index (χ2v) is 14.3. The van der Waals surface area contributed by atoms with E-state index in [0.717, 1.165) is 28.3 Å². The summed E-state index contributed by atoms with van der Waals surface area (Å²) in [4.78, 5) is 2.31. The summed E-state index contributed by atoms with van der Waals surface area (Å²) in [5, 5.41) is 2.48. The highest BCUT2D eigenvalue weighted by atomic mass is 15.1. The van der Waals surface area contributed by atoms with E-state index in [9.17, 15) is 0 Å². The van der Waals surface area contributed by atoms with Gasteiger partial charge in [-0.25, -0.2) is 0 Å². The zero-order valence-electron chi connectivity index (χ0n) is 32.0. The Labute approximate surface area is 335 Å². The van der Waals surface area contributed by atoms with Gasteiger partial charge in [0.05, 0.1) is 11.0 Å². The monoisotopic (exact) mass is 730 g/mol. The van der Waals surface area contributed by atoms with E-state index >= 15 is 0 Å². The third-order valence-corrected chi connectivity index (χ3v) is 10.7. The number of anilines is 2. The lowest BCUT2D eigenvalue weighted by atomic mass is 9.97. The van der Waals surface area contributed by atoms with Crippen molar-refractivity contribution in [2.24, 2.45) is 0 Å². The lowest BCUT2D eigenvalue weighted by molar-refractivity contribution is 1.16. The summed E-state index contributed by atoms with van der Waals surface area (Å²) in [5.74, 6) is 0. The Balaban J connectivity index is 1.08. The average molecular weight is 731 g/mol. The lowest BCUT2D eigenvalue weighted by Gasteiger charge is -2.26. The highest BCUT2D eigenvalue weighted by Crippen LogP contribution is 2.38. The summed E-state index contributed by atoms with van der Waals surface area (Å²) in [6.07, 6.45) is 7.93. The number of aromatic nitrogens is 1. The molecule has 0 saturated carbocycles. The molecule has 0 amide bonds. The van der Waals surface area contributed by atoms with Crippen molar-refractivity contribution in [1.82, 2.24) is 4.57 Å². The maximum absolute atomic E-state index is 3.85. The number of allylic oxidation sites excluding steroid dienone is 5. The molecule has 1 aromatic heterocycles. The van der Waals surface area contributed by atoms with Gasteiger partial charge < -0.3 is 9.47 Å². The molecule has 9 aromatic rings. The van der Waals surface area contributed by atoms with Crippen LogP contribution in [0.5, 0.6) is 0 Å². The van der Waals surface area contributed by atoms with Gasteiger partial charge in [-0.3, -0.25) is 0 Å². The molecule has 2 heteroatoms. The predicted octanol–water partition coefficient (Wildman–Crippen LogP) is 15.2. The molecule has 0 atom stereocenters. The maximum Gasteiger partial charge on any atom is 0.0541 e.